The predicted molar refractivity (Wildman–Crippen MR) is 83.9 cm³/mol. The lowest BCUT2D eigenvalue weighted by atomic mass is 10.2. The largest absolute Gasteiger partial charge is 0.373 e. The second kappa shape index (κ2) is 7.04. The van der Waals surface area contributed by atoms with Crippen molar-refractivity contribution in [2.45, 2.75) is 33.4 Å². The summed E-state index contributed by atoms with van der Waals surface area (Å²) >= 11 is 0. The Balaban J connectivity index is 2.87. The van der Waals surface area contributed by atoms with E-state index in [1.807, 2.05) is 31.1 Å². The molecular formula is C14H25N3O2S. The number of hydrogen-bond acceptors (Lipinski definition) is 5. The fourth-order valence-corrected chi connectivity index (χ4v) is 2.41. The molecule has 0 aromatic carbocycles. The summed E-state index contributed by atoms with van der Waals surface area (Å²) in [5.41, 5.74) is 3.05. The number of hydrogen-bond donors (Lipinski definition) is 1. The molecule has 0 radical (unpaired) electrons. The third-order valence-electron chi connectivity index (χ3n) is 3.01. The summed E-state index contributed by atoms with van der Waals surface area (Å²) in [7, 11) is -1.03. The van der Waals surface area contributed by atoms with Gasteiger partial charge >= 0.3 is 0 Å². The van der Waals surface area contributed by atoms with Crippen molar-refractivity contribution in [3.63, 3.8) is 0 Å². The zero-order chi connectivity index (χ0) is 15.3. The van der Waals surface area contributed by atoms with E-state index in [0.717, 1.165) is 23.5 Å². The molecule has 0 spiro atoms. The summed E-state index contributed by atoms with van der Waals surface area (Å²) in [6.45, 7) is 7.33. The molecule has 1 aromatic rings. The van der Waals surface area contributed by atoms with Crippen molar-refractivity contribution in [2.75, 3.05) is 30.5 Å². The zero-order valence-corrected chi connectivity index (χ0v) is 13.8. The van der Waals surface area contributed by atoms with Gasteiger partial charge in [0.15, 0.2) is 0 Å². The number of pyridine rings is 1. The molecule has 114 valence electrons. The minimum atomic E-state index is -2.95. The molecule has 0 fully saturated rings. The highest BCUT2D eigenvalue weighted by Crippen LogP contribution is 2.19. The molecule has 0 aliphatic rings. The number of aryl methyl sites for hydroxylation is 1. The first kappa shape index (κ1) is 16.9. The molecule has 5 nitrogen and oxygen atoms in total. The molecule has 1 rings (SSSR count). The molecule has 0 bridgehead atoms. The third-order valence-corrected chi connectivity index (χ3v) is 3.93. The lowest BCUT2D eigenvalue weighted by Gasteiger charge is -2.23. The van der Waals surface area contributed by atoms with Crippen LogP contribution in [0, 0.1) is 6.92 Å². The van der Waals surface area contributed by atoms with Gasteiger partial charge in [-0.1, -0.05) is 13.8 Å². The molecule has 0 unspecified atom stereocenters. The molecule has 20 heavy (non-hydrogen) atoms. The van der Waals surface area contributed by atoms with Crippen LogP contribution in [0.5, 0.6) is 0 Å². The maximum atomic E-state index is 11.3. The smallest absolute Gasteiger partial charge is 0.149 e. The Kier molecular flexibility index (Phi) is 5.95. The second-order valence-electron chi connectivity index (χ2n) is 5.54. The van der Waals surface area contributed by atoms with Gasteiger partial charge in [-0.15, -0.1) is 0 Å². The van der Waals surface area contributed by atoms with Gasteiger partial charge in [-0.05, 0) is 13.0 Å². The standard InChI is InChI=1S/C14H25N3O2S/c1-11(2)15-9-13-10-16-12(3)8-14(13)17(4)6-7-20(5,18)19/h8,10-11,15H,6-7,9H2,1-5H3. The highest BCUT2D eigenvalue weighted by Gasteiger charge is 2.11. The maximum absolute atomic E-state index is 11.3. The molecule has 0 saturated heterocycles. The van der Waals surface area contributed by atoms with Crippen molar-refractivity contribution < 1.29 is 8.42 Å². The van der Waals surface area contributed by atoms with Crippen molar-refractivity contribution in [1.82, 2.24) is 10.3 Å². The van der Waals surface area contributed by atoms with Crippen LogP contribution < -0.4 is 10.2 Å². The molecular weight excluding hydrogens is 274 g/mol. The van der Waals surface area contributed by atoms with Crippen LogP contribution >= 0.6 is 0 Å². The highest BCUT2D eigenvalue weighted by atomic mass is 32.2. The van der Waals surface area contributed by atoms with Gasteiger partial charge in [0.05, 0.1) is 5.75 Å². The Labute approximate surface area is 122 Å². The molecule has 0 aliphatic heterocycles. The maximum Gasteiger partial charge on any atom is 0.149 e. The van der Waals surface area contributed by atoms with E-state index in [-0.39, 0.29) is 5.75 Å². The van der Waals surface area contributed by atoms with E-state index in [0.29, 0.717) is 12.6 Å². The van der Waals surface area contributed by atoms with E-state index in [9.17, 15) is 8.42 Å². The Morgan fingerprint density at radius 2 is 2.05 bits per heavy atom. The van der Waals surface area contributed by atoms with Crippen molar-refractivity contribution >= 4 is 15.5 Å². The summed E-state index contributed by atoms with van der Waals surface area (Å²) in [5, 5.41) is 3.36. The fraction of sp³-hybridized carbons (Fsp3) is 0.643. The van der Waals surface area contributed by atoms with Crippen molar-refractivity contribution in [3.05, 3.63) is 23.5 Å². The number of aromatic nitrogens is 1. The van der Waals surface area contributed by atoms with Crippen LogP contribution in [0.1, 0.15) is 25.1 Å². The first-order valence-electron chi connectivity index (χ1n) is 6.77. The van der Waals surface area contributed by atoms with Gasteiger partial charge in [-0.25, -0.2) is 8.42 Å². The Morgan fingerprint density at radius 1 is 1.40 bits per heavy atom. The molecule has 1 heterocycles. The number of nitrogens with one attached hydrogen (secondary N) is 1. The summed E-state index contributed by atoms with van der Waals surface area (Å²) < 4.78 is 22.6. The van der Waals surface area contributed by atoms with Crippen LogP contribution in [0.15, 0.2) is 12.3 Å². The van der Waals surface area contributed by atoms with Gasteiger partial charge in [0.2, 0.25) is 0 Å². The molecule has 6 heteroatoms. The van der Waals surface area contributed by atoms with E-state index in [1.54, 1.807) is 0 Å². The van der Waals surface area contributed by atoms with Crippen LogP contribution in [-0.2, 0) is 16.4 Å². The lowest BCUT2D eigenvalue weighted by molar-refractivity contribution is 0.587. The molecule has 0 amide bonds. The first-order valence-corrected chi connectivity index (χ1v) is 8.83. The molecule has 0 atom stereocenters. The Bertz CT molecular complexity index is 541. The molecule has 1 N–H and O–H groups in total. The zero-order valence-electron chi connectivity index (χ0n) is 13.0. The topological polar surface area (TPSA) is 62.3 Å². The summed E-state index contributed by atoms with van der Waals surface area (Å²) in [6.07, 6.45) is 3.12. The van der Waals surface area contributed by atoms with Crippen LogP contribution in [-0.4, -0.2) is 45.0 Å². The van der Waals surface area contributed by atoms with E-state index in [4.69, 9.17) is 0 Å². The molecule has 0 saturated carbocycles. The van der Waals surface area contributed by atoms with Crippen molar-refractivity contribution in [1.29, 1.82) is 0 Å². The van der Waals surface area contributed by atoms with Gasteiger partial charge in [0, 0.05) is 55.6 Å². The fourth-order valence-electron chi connectivity index (χ4n) is 1.80. The van der Waals surface area contributed by atoms with Gasteiger partial charge in [0.1, 0.15) is 9.84 Å². The van der Waals surface area contributed by atoms with Crippen molar-refractivity contribution in [2.24, 2.45) is 0 Å². The normalized spacial score (nSPS) is 11.9. The monoisotopic (exact) mass is 299 g/mol. The predicted octanol–water partition coefficient (Wildman–Crippen LogP) is 1.37. The van der Waals surface area contributed by atoms with Crippen molar-refractivity contribution in [3.8, 4) is 0 Å². The van der Waals surface area contributed by atoms with Gasteiger partial charge in [-0.3, -0.25) is 4.98 Å². The summed E-state index contributed by atoms with van der Waals surface area (Å²) in [5.74, 6) is 0.155. The average molecular weight is 299 g/mol. The third kappa shape index (κ3) is 5.88. The minimum absolute atomic E-state index is 0.155. The van der Waals surface area contributed by atoms with E-state index in [1.165, 1.54) is 6.26 Å². The van der Waals surface area contributed by atoms with E-state index in [2.05, 4.69) is 24.1 Å². The quantitative estimate of drug-likeness (QED) is 0.824. The average Bonchev–Trinajstić information content (AvgIpc) is 2.33. The summed E-state index contributed by atoms with van der Waals surface area (Å²) in [4.78, 5) is 6.30. The van der Waals surface area contributed by atoms with Gasteiger partial charge in [0.25, 0.3) is 0 Å². The molecule has 0 aliphatic carbocycles. The minimum Gasteiger partial charge on any atom is -0.373 e. The number of nitrogens with zero attached hydrogens (tertiary/aromatic N) is 2. The first-order chi connectivity index (χ1) is 9.19. The number of rotatable bonds is 7. The van der Waals surface area contributed by atoms with Gasteiger partial charge in [-0.2, -0.15) is 0 Å². The summed E-state index contributed by atoms with van der Waals surface area (Å²) in [6, 6.07) is 2.39. The van der Waals surface area contributed by atoms with Crippen LogP contribution in [0.25, 0.3) is 0 Å². The van der Waals surface area contributed by atoms with Crippen LogP contribution in [0.4, 0.5) is 5.69 Å². The van der Waals surface area contributed by atoms with Crippen LogP contribution in [0.3, 0.4) is 0 Å². The second-order valence-corrected chi connectivity index (χ2v) is 7.80. The van der Waals surface area contributed by atoms with Crippen LogP contribution in [0.2, 0.25) is 0 Å². The van der Waals surface area contributed by atoms with E-state index < -0.39 is 9.84 Å². The Hall–Kier alpha value is -1.14. The Morgan fingerprint density at radius 3 is 2.60 bits per heavy atom. The number of anilines is 1. The molecule has 1 aromatic heterocycles. The van der Waals surface area contributed by atoms with Gasteiger partial charge < -0.3 is 10.2 Å². The SMILES string of the molecule is Cc1cc(N(C)CCS(C)(=O)=O)c(CNC(C)C)cn1. The van der Waals surface area contributed by atoms with E-state index >= 15 is 0 Å². The lowest BCUT2D eigenvalue weighted by Crippen LogP contribution is -2.28. The number of sulfone groups is 1. The highest BCUT2D eigenvalue weighted by molar-refractivity contribution is 7.90.